The maximum absolute atomic E-state index is 14.7. The van der Waals surface area contributed by atoms with Gasteiger partial charge in [0.25, 0.3) is 5.91 Å². The van der Waals surface area contributed by atoms with Crippen LogP contribution in [-0.2, 0) is 32.0 Å². The molecule has 4 atom stereocenters. The molecule has 18 heteroatoms. The molecule has 0 saturated carbocycles. The van der Waals surface area contributed by atoms with Crippen molar-refractivity contribution in [3.8, 4) is 45.6 Å². The molecule has 0 spiro atoms. The van der Waals surface area contributed by atoms with Crippen LogP contribution in [0, 0.1) is 18.3 Å². The molecule has 1 aliphatic heterocycles. The third kappa shape index (κ3) is 12.7. The van der Waals surface area contributed by atoms with Crippen molar-refractivity contribution in [1.29, 1.82) is 5.26 Å². The quantitative estimate of drug-likeness (QED) is 0.0588. The van der Waals surface area contributed by atoms with Gasteiger partial charge in [-0.3, -0.25) is 24.0 Å². The fraction of sp³-hybridized carbons (Fsp3) is 0.365. The zero-order valence-electron chi connectivity index (χ0n) is 40.1. The first-order valence-electron chi connectivity index (χ1n) is 23.5. The van der Waals surface area contributed by atoms with Crippen molar-refractivity contribution < 1.29 is 33.4 Å². The van der Waals surface area contributed by atoms with Crippen LogP contribution in [0.2, 0.25) is 0 Å². The minimum atomic E-state index is -1.39. The molecule has 0 radical (unpaired) electrons. The van der Waals surface area contributed by atoms with Gasteiger partial charge in [-0.25, -0.2) is 4.68 Å². The van der Waals surface area contributed by atoms with E-state index >= 15 is 0 Å². The zero-order valence-corrected chi connectivity index (χ0v) is 40.1. The van der Waals surface area contributed by atoms with Gasteiger partial charge in [-0.2, -0.15) is 10.4 Å². The number of aryl methyl sites for hydroxylation is 2. The van der Waals surface area contributed by atoms with Crippen LogP contribution in [0.25, 0.3) is 28.1 Å². The van der Waals surface area contributed by atoms with E-state index in [4.69, 9.17) is 31.8 Å². The van der Waals surface area contributed by atoms with Gasteiger partial charge in [-0.05, 0) is 110 Å². The van der Waals surface area contributed by atoms with E-state index in [1.54, 1.807) is 60.1 Å². The fourth-order valence-electron chi connectivity index (χ4n) is 8.26. The molecule has 0 saturated heterocycles. The summed E-state index contributed by atoms with van der Waals surface area (Å²) in [7, 11) is 1.43. The van der Waals surface area contributed by atoms with E-state index in [9.17, 15) is 29.2 Å². The number of hydrogen-bond acceptors (Lipinski definition) is 12. The van der Waals surface area contributed by atoms with E-state index in [-0.39, 0.29) is 52.2 Å². The lowest BCUT2D eigenvalue weighted by Crippen LogP contribution is -2.56. The van der Waals surface area contributed by atoms with Crippen LogP contribution in [-0.4, -0.2) is 109 Å². The van der Waals surface area contributed by atoms with Crippen molar-refractivity contribution in [2.24, 2.45) is 17.2 Å². The Morgan fingerprint density at radius 3 is 2.26 bits per heavy atom. The monoisotopic (exact) mass is 953 g/mol. The topological polar surface area (TPSA) is 275 Å². The number of aromatic nitrogens is 2. The highest BCUT2D eigenvalue weighted by atomic mass is 16.5. The van der Waals surface area contributed by atoms with Crippen molar-refractivity contribution >= 4 is 29.5 Å². The molecule has 18 nitrogen and oxygen atoms in total. The summed E-state index contributed by atoms with van der Waals surface area (Å²) in [5, 5.41) is 24.8. The van der Waals surface area contributed by atoms with E-state index in [0.717, 1.165) is 36.2 Å². The molecule has 0 aliphatic carbocycles. The molecule has 6 rings (SSSR count). The number of carbonyl (C=O) groups is 5. The van der Waals surface area contributed by atoms with Crippen LogP contribution in [0.5, 0.6) is 11.5 Å². The van der Waals surface area contributed by atoms with Gasteiger partial charge in [0.05, 0.1) is 17.5 Å². The number of rotatable bonds is 19. The average Bonchev–Trinajstić information content (AvgIpc) is 3.86. The van der Waals surface area contributed by atoms with Crippen molar-refractivity contribution in [2.45, 2.75) is 77.0 Å². The first-order chi connectivity index (χ1) is 33.8. The molecule has 1 aliphatic rings. The standard InChI is InChI=1S/C52H63N11O7/c1-5-6-7-34-8-11-36(12-9-34)42-19-25-63(61-42)38-14-15-39(32(2)28-38)49(65)59-43(18-20-53)52(68)62(4)47-37-13-17-46(70-27-23-56)41(31-37)40-29-35(10-16-45(40)69-26-22-55)30-44(50(66)57-24-21-54)60-48(64)33(3)58-51(47)67/h8-17,19,25,28-29,31,33,43-44,47H,5-7,18,20,22-24,26-27,30,53,55-56H2,1-4H3,(H,57,66)(H,58,67)(H,59,65)(H,60,64). The summed E-state index contributed by atoms with van der Waals surface area (Å²) in [6.07, 6.45) is 5.18. The number of fused-ring (bicyclic) bond motifs is 5. The Balaban J connectivity index is 1.33. The third-order valence-electron chi connectivity index (χ3n) is 12.0. The summed E-state index contributed by atoms with van der Waals surface area (Å²) in [6, 6.07) is 22.7. The SMILES string of the molecule is CCCCc1ccc(-c2ccn(-c3ccc(C(=O)NC(CCN)C(=O)N(C)C4C(=O)NC(C)C(=O)NC(C(=O)NCC#N)Cc5ccc(OCCN)c(c5)-c5cc4ccc5OCCN)c(C)c3)n2)cc1. The lowest BCUT2D eigenvalue weighted by atomic mass is 9.93. The lowest BCUT2D eigenvalue weighted by Gasteiger charge is -2.32. The molecule has 70 heavy (non-hydrogen) atoms. The second-order valence-corrected chi connectivity index (χ2v) is 17.1. The number of amides is 5. The van der Waals surface area contributed by atoms with Crippen LogP contribution < -0.4 is 47.9 Å². The molecule has 10 N–H and O–H groups in total. The molecular formula is C52H63N11O7. The van der Waals surface area contributed by atoms with Crippen molar-refractivity contribution in [3.05, 3.63) is 119 Å². The van der Waals surface area contributed by atoms with Gasteiger partial charge in [0.2, 0.25) is 23.6 Å². The van der Waals surface area contributed by atoms with Crippen molar-refractivity contribution in [1.82, 2.24) is 35.9 Å². The Kier molecular flexibility index (Phi) is 18.2. The van der Waals surface area contributed by atoms with Crippen LogP contribution >= 0.6 is 0 Å². The Morgan fingerprint density at radius 2 is 1.60 bits per heavy atom. The molecule has 0 fully saturated rings. The number of hydrogen-bond donors (Lipinski definition) is 7. The minimum Gasteiger partial charge on any atom is -0.492 e. The van der Waals surface area contributed by atoms with E-state index in [0.29, 0.717) is 44.9 Å². The van der Waals surface area contributed by atoms with Gasteiger partial charge >= 0.3 is 0 Å². The molecule has 2 heterocycles. The Labute approximate surface area is 408 Å². The predicted molar refractivity (Wildman–Crippen MR) is 266 cm³/mol. The first-order valence-corrected chi connectivity index (χ1v) is 23.5. The van der Waals surface area contributed by atoms with Gasteiger partial charge < -0.3 is 52.8 Å². The number of nitrogens with two attached hydrogens (primary N) is 3. The second kappa shape index (κ2) is 24.6. The Bertz CT molecular complexity index is 2700. The summed E-state index contributed by atoms with van der Waals surface area (Å²) in [5.41, 5.74) is 24.4. The number of unbranched alkanes of at least 4 members (excludes halogenated alkanes) is 1. The third-order valence-corrected chi connectivity index (χ3v) is 12.0. The number of benzene rings is 4. The summed E-state index contributed by atoms with van der Waals surface area (Å²) in [6.45, 7) is 5.81. The maximum atomic E-state index is 14.7. The normalized spacial score (nSPS) is 16.1. The lowest BCUT2D eigenvalue weighted by molar-refractivity contribution is -0.141. The number of nitrogens with one attached hydrogen (secondary N) is 4. The van der Waals surface area contributed by atoms with Gasteiger partial charge in [-0.15, -0.1) is 0 Å². The molecule has 5 amide bonds. The highest BCUT2D eigenvalue weighted by Crippen LogP contribution is 2.40. The van der Waals surface area contributed by atoms with E-state index < -0.39 is 53.7 Å². The number of ether oxygens (including phenoxy) is 2. The summed E-state index contributed by atoms with van der Waals surface area (Å²) in [4.78, 5) is 71.8. The summed E-state index contributed by atoms with van der Waals surface area (Å²) < 4.78 is 14.0. The maximum Gasteiger partial charge on any atom is 0.252 e. The van der Waals surface area contributed by atoms with E-state index in [1.165, 1.54) is 24.4 Å². The summed E-state index contributed by atoms with van der Waals surface area (Å²) in [5.74, 6) is -2.45. The van der Waals surface area contributed by atoms with Crippen molar-refractivity contribution in [2.75, 3.05) is 46.4 Å². The van der Waals surface area contributed by atoms with E-state index in [2.05, 4.69) is 52.5 Å². The molecule has 1 aromatic heterocycles. The Hall–Kier alpha value is -7.59. The second-order valence-electron chi connectivity index (χ2n) is 17.1. The highest BCUT2D eigenvalue weighted by molar-refractivity contribution is 6.00. The van der Waals surface area contributed by atoms with Crippen LogP contribution in [0.3, 0.4) is 0 Å². The molecular weight excluding hydrogens is 891 g/mol. The first kappa shape index (κ1) is 51.8. The van der Waals surface area contributed by atoms with Gasteiger partial charge in [0, 0.05) is 55.0 Å². The largest absolute Gasteiger partial charge is 0.492 e. The fourth-order valence-corrected chi connectivity index (χ4v) is 8.26. The van der Waals surface area contributed by atoms with Gasteiger partial charge in [0.15, 0.2) is 0 Å². The van der Waals surface area contributed by atoms with Gasteiger partial charge in [-0.1, -0.05) is 49.7 Å². The smallest absolute Gasteiger partial charge is 0.252 e. The number of likely N-dealkylation sites (N-methyl/N-ethyl adjacent to an activating group) is 1. The molecule has 4 bridgehead atoms. The highest BCUT2D eigenvalue weighted by Gasteiger charge is 2.36. The zero-order chi connectivity index (χ0) is 50.3. The summed E-state index contributed by atoms with van der Waals surface area (Å²) >= 11 is 0. The predicted octanol–water partition coefficient (Wildman–Crippen LogP) is 3.36. The number of nitriles is 1. The van der Waals surface area contributed by atoms with Crippen molar-refractivity contribution in [3.63, 3.8) is 0 Å². The Morgan fingerprint density at radius 1 is 0.900 bits per heavy atom. The average molecular weight is 954 g/mol. The van der Waals surface area contributed by atoms with Crippen LogP contribution in [0.15, 0.2) is 91.1 Å². The van der Waals surface area contributed by atoms with Crippen LogP contribution in [0.4, 0.5) is 0 Å². The molecule has 368 valence electrons. The van der Waals surface area contributed by atoms with E-state index in [1.807, 2.05) is 24.4 Å². The number of nitrogens with zero attached hydrogens (tertiary/aromatic N) is 4. The molecule has 4 aromatic carbocycles. The van der Waals surface area contributed by atoms with Crippen LogP contribution in [0.1, 0.15) is 71.8 Å². The minimum absolute atomic E-state index is 0.00415. The molecule has 4 unspecified atom stereocenters. The molecule has 5 aromatic rings. The number of carbonyl (C=O) groups excluding carboxylic acids is 5. The van der Waals surface area contributed by atoms with Gasteiger partial charge in [0.1, 0.15) is 55.4 Å².